The lowest BCUT2D eigenvalue weighted by atomic mass is 10.2. The number of rotatable bonds is 5. The quantitative estimate of drug-likeness (QED) is 0.564. The molecule has 166 valence electrons. The van der Waals surface area contributed by atoms with Crippen molar-refractivity contribution in [1.29, 1.82) is 0 Å². The van der Waals surface area contributed by atoms with Gasteiger partial charge in [-0.1, -0.05) is 30.3 Å². The lowest BCUT2D eigenvalue weighted by Gasteiger charge is -2.37. The number of nitrogens with zero attached hydrogens (tertiary/aromatic N) is 6. The van der Waals surface area contributed by atoms with E-state index >= 15 is 0 Å². The van der Waals surface area contributed by atoms with Gasteiger partial charge in [0.15, 0.2) is 0 Å². The molecule has 10 nitrogen and oxygen atoms in total. The van der Waals surface area contributed by atoms with E-state index in [4.69, 9.17) is 10.5 Å². The number of anilines is 3. The number of nitrogens with two attached hydrogens (primary N) is 1. The first-order valence-corrected chi connectivity index (χ1v) is 10.6. The zero-order valence-corrected chi connectivity index (χ0v) is 18.0. The van der Waals surface area contributed by atoms with Gasteiger partial charge in [-0.05, 0) is 19.4 Å². The van der Waals surface area contributed by atoms with Crippen molar-refractivity contribution in [2.75, 3.05) is 54.8 Å². The van der Waals surface area contributed by atoms with Gasteiger partial charge < -0.3 is 20.3 Å². The minimum Gasteiger partial charge on any atom is -0.378 e. The van der Waals surface area contributed by atoms with Crippen molar-refractivity contribution in [1.82, 2.24) is 14.9 Å². The molecule has 3 heterocycles. The van der Waals surface area contributed by atoms with E-state index in [1.54, 1.807) is 0 Å². The second-order valence-corrected chi connectivity index (χ2v) is 8.25. The van der Waals surface area contributed by atoms with Crippen LogP contribution in [0.2, 0.25) is 0 Å². The van der Waals surface area contributed by atoms with E-state index in [-0.39, 0.29) is 23.7 Å². The van der Waals surface area contributed by atoms with E-state index < -0.39 is 4.92 Å². The third kappa shape index (κ3) is 4.86. The van der Waals surface area contributed by atoms with Crippen molar-refractivity contribution in [3.05, 3.63) is 46.0 Å². The molecule has 2 aliphatic rings. The van der Waals surface area contributed by atoms with Gasteiger partial charge in [0, 0.05) is 45.8 Å². The van der Waals surface area contributed by atoms with Crippen molar-refractivity contribution >= 4 is 23.3 Å². The molecule has 0 bridgehead atoms. The Morgan fingerprint density at radius 1 is 1.06 bits per heavy atom. The molecule has 2 aliphatic heterocycles. The molecule has 0 spiro atoms. The third-order valence-electron chi connectivity index (χ3n) is 5.69. The molecule has 2 atom stereocenters. The maximum atomic E-state index is 11.8. The summed E-state index contributed by atoms with van der Waals surface area (Å²) in [7, 11) is 0. The summed E-state index contributed by atoms with van der Waals surface area (Å²) in [6, 6.07) is 10.3. The average molecular weight is 428 g/mol. The molecule has 0 saturated carbocycles. The van der Waals surface area contributed by atoms with Crippen LogP contribution in [-0.4, -0.2) is 71.3 Å². The number of nitro groups is 1. The Bertz CT molecular complexity index is 909. The van der Waals surface area contributed by atoms with Crippen LogP contribution in [0, 0.1) is 10.1 Å². The maximum absolute atomic E-state index is 11.8. The molecular formula is C21H29N7O3. The van der Waals surface area contributed by atoms with Crippen molar-refractivity contribution in [2.24, 2.45) is 0 Å². The van der Waals surface area contributed by atoms with Gasteiger partial charge in [0.25, 0.3) is 0 Å². The summed E-state index contributed by atoms with van der Waals surface area (Å²) in [5, 5.41) is 11.8. The summed E-state index contributed by atoms with van der Waals surface area (Å²) < 4.78 is 5.78. The molecule has 0 amide bonds. The molecule has 2 aromatic rings. The van der Waals surface area contributed by atoms with Crippen molar-refractivity contribution < 1.29 is 9.66 Å². The lowest BCUT2D eigenvalue weighted by Crippen LogP contribution is -2.48. The molecule has 2 N–H and O–H groups in total. The van der Waals surface area contributed by atoms with Crippen LogP contribution < -0.4 is 15.5 Å². The van der Waals surface area contributed by atoms with Crippen LogP contribution in [-0.2, 0) is 11.3 Å². The summed E-state index contributed by atoms with van der Waals surface area (Å²) in [6.45, 7) is 8.93. The number of piperazine rings is 1. The molecule has 2 fully saturated rings. The Morgan fingerprint density at radius 3 is 2.32 bits per heavy atom. The van der Waals surface area contributed by atoms with Gasteiger partial charge >= 0.3 is 5.69 Å². The van der Waals surface area contributed by atoms with E-state index in [2.05, 4.69) is 27.0 Å². The van der Waals surface area contributed by atoms with Crippen LogP contribution in [0.25, 0.3) is 0 Å². The normalized spacial score (nSPS) is 22.5. The van der Waals surface area contributed by atoms with Gasteiger partial charge in [0.05, 0.1) is 17.1 Å². The van der Waals surface area contributed by atoms with Crippen LogP contribution in [0.15, 0.2) is 30.3 Å². The predicted octanol–water partition coefficient (Wildman–Crippen LogP) is 1.90. The Labute approximate surface area is 181 Å². The highest BCUT2D eigenvalue weighted by Crippen LogP contribution is 2.34. The number of nitrogen functional groups attached to an aromatic ring is 1. The monoisotopic (exact) mass is 427 g/mol. The highest BCUT2D eigenvalue weighted by molar-refractivity contribution is 5.71. The van der Waals surface area contributed by atoms with Crippen LogP contribution in [0.5, 0.6) is 0 Å². The smallest absolute Gasteiger partial charge is 0.353 e. The molecule has 31 heavy (non-hydrogen) atoms. The zero-order valence-electron chi connectivity index (χ0n) is 18.0. The predicted molar refractivity (Wildman–Crippen MR) is 119 cm³/mol. The highest BCUT2D eigenvalue weighted by Gasteiger charge is 2.32. The van der Waals surface area contributed by atoms with Crippen molar-refractivity contribution in [2.45, 2.75) is 32.6 Å². The van der Waals surface area contributed by atoms with Crippen LogP contribution >= 0.6 is 0 Å². The minimum atomic E-state index is -0.477. The molecule has 4 rings (SSSR count). The average Bonchev–Trinajstić information content (AvgIpc) is 2.73. The largest absolute Gasteiger partial charge is 0.378 e. The van der Waals surface area contributed by atoms with E-state index in [1.807, 2.05) is 41.8 Å². The Morgan fingerprint density at radius 2 is 1.71 bits per heavy atom. The molecule has 0 unspecified atom stereocenters. The van der Waals surface area contributed by atoms with E-state index in [9.17, 15) is 10.1 Å². The fourth-order valence-electron chi connectivity index (χ4n) is 4.29. The van der Waals surface area contributed by atoms with Gasteiger partial charge in [-0.15, -0.1) is 0 Å². The van der Waals surface area contributed by atoms with Gasteiger partial charge in [-0.25, -0.2) is 0 Å². The summed E-state index contributed by atoms with van der Waals surface area (Å²) in [6.07, 6.45) is 0.0440. The van der Waals surface area contributed by atoms with Crippen molar-refractivity contribution in [3.63, 3.8) is 0 Å². The molecule has 1 aromatic carbocycles. The van der Waals surface area contributed by atoms with Gasteiger partial charge in [0.1, 0.15) is 0 Å². The first kappa shape index (κ1) is 21.3. The van der Waals surface area contributed by atoms with Gasteiger partial charge in [0.2, 0.25) is 17.6 Å². The van der Waals surface area contributed by atoms with Crippen molar-refractivity contribution in [3.8, 4) is 0 Å². The van der Waals surface area contributed by atoms with E-state index in [0.29, 0.717) is 37.9 Å². The summed E-state index contributed by atoms with van der Waals surface area (Å²) in [4.78, 5) is 26.5. The minimum absolute atomic E-state index is 0.0220. The third-order valence-corrected chi connectivity index (χ3v) is 5.69. The molecule has 0 radical (unpaired) electrons. The first-order chi connectivity index (χ1) is 14.9. The number of benzene rings is 1. The number of hydrogen-bond donors (Lipinski definition) is 1. The lowest BCUT2D eigenvalue weighted by molar-refractivity contribution is -0.383. The fraction of sp³-hybridized carbons (Fsp3) is 0.524. The second kappa shape index (κ2) is 9.03. The second-order valence-electron chi connectivity index (χ2n) is 8.25. The molecular weight excluding hydrogens is 398 g/mol. The van der Waals surface area contributed by atoms with Gasteiger partial charge in [-0.2, -0.15) is 9.97 Å². The Kier molecular flexibility index (Phi) is 6.19. The van der Waals surface area contributed by atoms with E-state index in [0.717, 1.165) is 19.6 Å². The topological polar surface area (TPSA) is 114 Å². The number of morpholine rings is 1. The number of aromatic nitrogens is 2. The fourth-order valence-corrected chi connectivity index (χ4v) is 4.29. The maximum Gasteiger partial charge on any atom is 0.353 e. The molecule has 1 aromatic heterocycles. The molecule has 0 aliphatic carbocycles. The Balaban J connectivity index is 1.54. The SMILES string of the molecule is C[C@@H]1CN(c2nc(N)c([N+](=O)[O-])c(N3CCN(Cc4ccccc4)CC3)n2)C[C@@H](C)O1. The van der Waals surface area contributed by atoms with E-state index in [1.165, 1.54) is 5.56 Å². The summed E-state index contributed by atoms with van der Waals surface area (Å²) in [5.74, 6) is 0.633. The van der Waals surface area contributed by atoms with Crippen LogP contribution in [0.3, 0.4) is 0 Å². The first-order valence-electron chi connectivity index (χ1n) is 10.6. The molecule has 2 saturated heterocycles. The standard InChI is InChI=1S/C21H29N7O3/c1-15-12-27(13-16(2)31-15)21-23-19(22)18(28(29)30)20(24-21)26-10-8-25(9-11-26)14-17-6-4-3-5-7-17/h3-7,15-16H,8-14H2,1-2H3,(H2,22,23,24)/t15-,16-/m1/s1. The van der Waals surface area contributed by atoms with Crippen LogP contribution in [0.4, 0.5) is 23.3 Å². The van der Waals surface area contributed by atoms with Gasteiger partial charge in [-0.3, -0.25) is 15.0 Å². The molecule has 10 heteroatoms. The number of ether oxygens (including phenoxy) is 1. The summed E-state index contributed by atoms with van der Waals surface area (Å²) >= 11 is 0. The van der Waals surface area contributed by atoms with Crippen LogP contribution in [0.1, 0.15) is 19.4 Å². The zero-order chi connectivity index (χ0) is 22.0. The number of hydrogen-bond acceptors (Lipinski definition) is 9. The summed E-state index contributed by atoms with van der Waals surface area (Å²) in [5.41, 5.74) is 7.09. The Hall–Kier alpha value is -2.98. The highest BCUT2D eigenvalue weighted by atomic mass is 16.6.